The van der Waals surface area contributed by atoms with E-state index in [-0.39, 0.29) is 13.2 Å². The molecule has 4 nitrogen and oxygen atoms in total. The second-order valence-electron chi connectivity index (χ2n) is 5.41. The number of fused-ring (bicyclic) bond motifs is 1. The Bertz CT molecular complexity index is 809. The van der Waals surface area contributed by atoms with Crippen molar-refractivity contribution in [3.8, 4) is 5.75 Å². The van der Waals surface area contributed by atoms with E-state index >= 15 is 0 Å². The Morgan fingerprint density at radius 1 is 0.875 bits per heavy atom. The monoisotopic (exact) mass is 322 g/mol. The summed E-state index contributed by atoms with van der Waals surface area (Å²) in [6.45, 7) is -0.0609. The van der Waals surface area contributed by atoms with Gasteiger partial charge >= 0.3 is 5.97 Å². The number of esters is 1. The molecule has 0 aliphatic rings. The van der Waals surface area contributed by atoms with E-state index in [0.29, 0.717) is 11.3 Å². The van der Waals surface area contributed by atoms with Gasteiger partial charge in [-0.05, 0) is 23.6 Å². The number of hydrogen-bond acceptors (Lipinski definition) is 4. The van der Waals surface area contributed by atoms with Crippen molar-refractivity contribution < 1.29 is 19.4 Å². The zero-order valence-corrected chi connectivity index (χ0v) is 13.1. The van der Waals surface area contributed by atoms with Crippen LogP contribution in [0.4, 0.5) is 0 Å². The van der Waals surface area contributed by atoms with E-state index in [1.807, 2.05) is 48.5 Å². The topological polar surface area (TPSA) is 55.8 Å². The molecule has 1 atom stereocenters. The van der Waals surface area contributed by atoms with Crippen LogP contribution in [-0.4, -0.2) is 30.4 Å². The van der Waals surface area contributed by atoms with Crippen molar-refractivity contribution >= 4 is 16.7 Å². The summed E-state index contributed by atoms with van der Waals surface area (Å²) in [4.78, 5) is 11.8. The van der Waals surface area contributed by atoms with Gasteiger partial charge in [-0.2, -0.15) is 0 Å². The molecule has 0 aromatic heterocycles. The van der Waals surface area contributed by atoms with Gasteiger partial charge in [0, 0.05) is 5.39 Å². The number of carbonyl (C=O) groups is 1. The minimum absolute atomic E-state index is 0.0517. The Morgan fingerprint density at radius 2 is 1.58 bits per heavy atom. The van der Waals surface area contributed by atoms with Gasteiger partial charge in [0.1, 0.15) is 25.1 Å². The van der Waals surface area contributed by atoms with Crippen molar-refractivity contribution in [2.75, 3.05) is 13.2 Å². The van der Waals surface area contributed by atoms with Crippen LogP contribution in [0.1, 0.15) is 10.4 Å². The molecule has 3 aromatic carbocycles. The lowest BCUT2D eigenvalue weighted by Crippen LogP contribution is -2.25. The molecule has 24 heavy (non-hydrogen) atoms. The van der Waals surface area contributed by atoms with Crippen molar-refractivity contribution in [1.82, 2.24) is 0 Å². The first-order valence-electron chi connectivity index (χ1n) is 7.75. The number of benzene rings is 3. The van der Waals surface area contributed by atoms with E-state index in [2.05, 4.69) is 0 Å². The van der Waals surface area contributed by atoms with Crippen LogP contribution in [0.2, 0.25) is 0 Å². The molecular formula is C20H18O4. The smallest absolute Gasteiger partial charge is 0.338 e. The highest BCUT2D eigenvalue weighted by Gasteiger charge is 2.12. The molecule has 1 N–H and O–H groups in total. The second-order valence-corrected chi connectivity index (χ2v) is 5.41. The number of carbonyl (C=O) groups excluding carboxylic acids is 1. The van der Waals surface area contributed by atoms with Crippen LogP contribution in [0.25, 0.3) is 10.8 Å². The van der Waals surface area contributed by atoms with E-state index in [1.54, 1.807) is 24.3 Å². The lowest BCUT2D eigenvalue weighted by molar-refractivity contribution is 0.0132. The summed E-state index contributed by atoms with van der Waals surface area (Å²) >= 11 is 0. The maximum Gasteiger partial charge on any atom is 0.338 e. The Balaban J connectivity index is 1.54. The van der Waals surface area contributed by atoms with Crippen molar-refractivity contribution in [2.24, 2.45) is 0 Å². The summed E-state index contributed by atoms with van der Waals surface area (Å²) in [5, 5.41) is 12.0. The van der Waals surface area contributed by atoms with E-state index in [9.17, 15) is 9.90 Å². The van der Waals surface area contributed by atoms with Crippen LogP contribution in [0.3, 0.4) is 0 Å². The SMILES string of the molecule is O=C(OCC(O)COc1cccc2ccccc12)c1ccccc1. The quantitative estimate of drug-likeness (QED) is 0.706. The predicted octanol–water partition coefficient (Wildman–Crippen LogP) is 3.44. The first-order valence-corrected chi connectivity index (χ1v) is 7.75. The average Bonchev–Trinajstić information content (AvgIpc) is 2.65. The maximum absolute atomic E-state index is 11.8. The van der Waals surface area contributed by atoms with Gasteiger partial charge in [0.25, 0.3) is 0 Å². The highest BCUT2D eigenvalue weighted by atomic mass is 16.5. The Morgan fingerprint density at radius 3 is 2.42 bits per heavy atom. The molecule has 0 radical (unpaired) electrons. The van der Waals surface area contributed by atoms with E-state index < -0.39 is 12.1 Å². The molecule has 122 valence electrons. The number of aliphatic hydroxyl groups is 1. The minimum Gasteiger partial charge on any atom is -0.490 e. The summed E-state index contributed by atoms with van der Waals surface area (Å²) in [6, 6.07) is 22.3. The van der Waals surface area contributed by atoms with Crippen LogP contribution in [0.15, 0.2) is 72.8 Å². The van der Waals surface area contributed by atoms with Crippen LogP contribution < -0.4 is 4.74 Å². The number of hydrogen-bond donors (Lipinski definition) is 1. The Hall–Kier alpha value is -2.85. The lowest BCUT2D eigenvalue weighted by Gasteiger charge is -2.14. The summed E-state index contributed by atoms with van der Waals surface area (Å²) in [6.07, 6.45) is -0.892. The molecule has 3 aromatic rings. The zero-order chi connectivity index (χ0) is 16.8. The van der Waals surface area contributed by atoms with Crippen molar-refractivity contribution in [2.45, 2.75) is 6.10 Å². The van der Waals surface area contributed by atoms with E-state index in [4.69, 9.17) is 9.47 Å². The summed E-state index contributed by atoms with van der Waals surface area (Å²) < 4.78 is 10.8. The number of ether oxygens (including phenoxy) is 2. The molecule has 0 amide bonds. The second kappa shape index (κ2) is 7.62. The van der Waals surface area contributed by atoms with Crippen LogP contribution in [-0.2, 0) is 4.74 Å². The molecule has 0 heterocycles. The van der Waals surface area contributed by atoms with E-state index in [0.717, 1.165) is 10.8 Å². The van der Waals surface area contributed by atoms with Gasteiger partial charge in [0.2, 0.25) is 0 Å². The molecule has 0 saturated carbocycles. The van der Waals surface area contributed by atoms with Gasteiger partial charge in [-0.3, -0.25) is 0 Å². The molecule has 0 spiro atoms. The largest absolute Gasteiger partial charge is 0.490 e. The summed E-state index contributed by atoms with van der Waals surface area (Å²) in [5.74, 6) is 0.237. The number of rotatable bonds is 6. The van der Waals surface area contributed by atoms with Gasteiger partial charge in [0.05, 0.1) is 5.56 Å². The van der Waals surface area contributed by atoms with Crippen LogP contribution >= 0.6 is 0 Å². The fourth-order valence-corrected chi connectivity index (χ4v) is 2.39. The third-order valence-electron chi connectivity index (χ3n) is 3.60. The highest BCUT2D eigenvalue weighted by Crippen LogP contribution is 2.25. The van der Waals surface area contributed by atoms with Gasteiger partial charge in [-0.15, -0.1) is 0 Å². The molecule has 4 heteroatoms. The summed E-state index contributed by atoms with van der Waals surface area (Å²) in [7, 11) is 0. The lowest BCUT2D eigenvalue weighted by atomic mass is 10.1. The number of aliphatic hydroxyl groups excluding tert-OH is 1. The predicted molar refractivity (Wildman–Crippen MR) is 92.2 cm³/mol. The molecular weight excluding hydrogens is 304 g/mol. The average molecular weight is 322 g/mol. The fourth-order valence-electron chi connectivity index (χ4n) is 2.39. The minimum atomic E-state index is -0.892. The first kappa shape index (κ1) is 16.0. The fraction of sp³-hybridized carbons (Fsp3) is 0.150. The van der Waals surface area contributed by atoms with E-state index in [1.165, 1.54) is 0 Å². The van der Waals surface area contributed by atoms with Crippen LogP contribution in [0, 0.1) is 0 Å². The standard InChI is InChI=1S/C20H18O4/c21-17(14-24-20(22)16-8-2-1-3-9-16)13-23-19-12-6-10-15-7-4-5-11-18(15)19/h1-12,17,21H,13-14H2. The van der Waals surface area contributed by atoms with Gasteiger partial charge in [-0.1, -0.05) is 54.6 Å². The zero-order valence-electron chi connectivity index (χ0n) is 13.1. The van der Waals surface area contributed by atoms with Gasteiger partial charge in [-0.25, -0.2) is 4.79 Å². The summed E-state index contributed by atoms with van der Waals surface area (Å²) in [5.41, 5.74) is 0.458. The molecule has 1 unspecified atom stereocenters. The van der Waals surface area contributed by atoms with Crippen molar-refractivity contribution in [3.63, 3.8) is 0 Å². The third-order valence-corrected chi connectivity index (χ3v) is 3.60. The van der Waals surface area contributed by atoms with Gasteiger partial charge < -0.3 is 14.6 Å². The van der Waals surface area contributed by atoms with Crippen molar-refractivity contribution in [1.29, 1.82) is 0 Å². The maximum atomic E-state index is 11.8. The molecule has 0 aliphatic heterocycles. The highest BCUT2D eigenvalue weighted by molar-refractivity contribution is 5.89. The van der Waals surface area contributed by atoms with Crippen molar-refractivity contribution in [3.05, 3.63) is 78.4 Å². The van der Waals surface area contributed by atoms with Crippen LogP contribution in [0.5, 0.6) is 5.75 Å². The molecule has 0 bridgehead atoms. The third kappa shape index (κ3) is 3.91. The molecule has 0 aliphatic carbocycles. The van der Waals surface area contributed by atoms with Gasteiger partial charge in [0.15, 0.2) is 0 Å². The Labute approximate surface area is 140 Å². The molecule has 3 rings (SSSR count). The normalized spacial score (nSPS) is 11.9. The molecule has 0 fully saturated rings. The first-order chi connectivity index (χ1) is 11.7. The Kier molecular flexibility index (Phi) is 5.08. The molecule has 0 saturated heterocycles.